The molecule has 3 atom stereocenters. The van der Waals surface area contributed by atoms with Gasteiger partial charge < -0.3 is 19.8 Å². The molecule has 1 fully saturated rings. The summed E-state index contributed by atoms with van der Waals surface area (Å²) in [5.74, 6) is -1.64. The number of rotatable bonds is 12. The fraction of sp³-hybridized carbons (Fsp3) is 0.294. The summed E-state index contributed by atoms with van der Waals surface area (Å²) in [5, 5.41) is 42.1. The predicted molar refractivity (Wildman–Crippen MR) is 172 cm³/mol. The number of nitrogens with zero attached hydrogens (tertiary/aromatic N) is 6. The molecule has 6 rings (SSSR count). The molecule has 0 bridgehead atoms. The number of cyclic esters (lactones) is 1. The number of nitro groups is 1. The zero-order chi connectivity index (χ0) is 33.1. The van der Waals surface area contributed by atoms with Crippen LogP contribution in [-0.4, -0.2) is 61.9 Å². The second-order valence-corrected chi connectivity index (χ2v) is 11.6. The SMILES string of the molecule is C[C@H](/C=C/CCn1cc(C(CO)c2ccccc2)nn1)[C@@]1(O)C(=O)N(Cc2cccc(N3CCOC3=O)c2)c2ccc([N+](=O)[O-])cc21. The van der Waals surface area contributed by atoms with E-state index in [-0.39, 0.29) is 36.9 Å². The fourth-order valence-corrected chi connectivity index (χ4v) is 6.12. The summed E-state index contributed by atoms with van der Waals surface area (Å²) in [6.45, 7) is 2.82. The monoisotopic (exact) mass is 638 g/mol. The van der Waals surface area contributed by atoms with Crippen LogP contribution in [-0.2, 0) is 28.2 Å². The molecule has 2 N–H and O–H groups in total. The van der Waals surface area contributed by atoms with Gasteiger partial charge in [-0.25, -0.2) is 4.79 Å². The first-order valence-corrected chi connectivity index (χ1v) is 15.3. The molecule has 13 nitrogen and oxygen atoms in total. The average molecular weight is 639 g/mol. The first-order chi connectivity index (χ1) is 22.7. The maximum atomic E-state index is 14.0. The van der Waals surface area contributed by atoms with Crippen molar-refractivity contribution in [1.82, 2.24) is 15.0 Å². The lowest BCUT2D eigenvalue weighted by Crippen LogP contribution is -2.44. The van der Waals surface area contributed by atoms with Crippen molar-refractivity contribution in [3.05, 3.63) is 124 Å². The molecule has 3 aromatic carbocycles. The molecular weight excluding hydrogens is 604 g/mol. The number of hydrogen-bond donors (Lipinski definition) is 2. The van der Waals surface area contributed by atoms with Gasteiger partial charge in [-0.3, -0.25) is 24.5 Å². The number of amides is 2. The summed E-state index contributed by atoms with van der Waals surface area (Å²) in [7, 11) is 0. The summed E-state index contributed by atoms with van der Waals surface area (Å²) in [6.07, 6.45) is 5.40. The van der Waals surface area contributed by atoms with Crippen molar-refractivity contribution >= 4 is 29.1 Å². The molecule has 1 unspecified atom stereocenters. The van der Waals surface area contributed by atoms with E-state index in [1.165, 1.54) is 28.0 Å². The Kier molecular flexibility index (Phi) is 8.83. The maximum absolute atomic E-state index is 14.0. The minimum atomic E-state index is -2.06. The lowest BCUT2D eigenvalue weighted by molar-refractivity contribution is -0.385. The molecule has 1 aromatic heterocycles. The third kappa shape index (κ3) is 6.10. The van der Waals surface area contributed by atoms with Crippen LogP contribution in [0.25, 0.3) is 0 Å². The summed E-state index contributed by atoms with van der Waals surface area (Å²) < 4.78 is 6.72. The molecule has 4 aromatic rings. The number of ether oxygens (including phenoxy) is 1. The van der Waals surface area contributed by atoms with Gasteiger partial charge in [-0.05, 0) is 35.7 Å². The molecule has 47 heavy (non-hydrogen) atoms. The average Bonchev–Trinajstić information content (AvgIpc) is 3.78. The van der Waals surface area contributed by atoms with Gasteiger partial charge in [0.1, 0.15) is 6.61 Å². The van der Waals surface area contributed by atoms with Crippen LogP contribution in [0.4, 0.5) is 21.9 Å². The molecule has 0 spiro atoms. The van der Waals surface area contributed by atoms with E-state index in [0.29, 0.717) is 42.1 Å². The van der Waals surface area contributed by atoms with E-state index >= 15 is 0 Å². The van der Waals surface area contributed by atoms with Crippen LogP contribution >= 0.6 is 0 Å². The van der Waals surface area contributed by atoms with E-state index in [9.17, 15) is 29.9 Å². The number of nitro benzene ring substituents is 1. The number of allylic oxidation sites excluding steroid dienone is 1. The van der Waals surface area contributed by atoms with Gasteiger partial charge in [-0.2, -0.15) is 0 Å². The number of carbonyl (C=O) groups is 2. The lowest BCUT2D eigenvalue weighted by Gasteiger charge is -2.27. The Morgan fingerprint density at radius 2 is 1.91 bits per heavy atom. The second kappa shape index (κ2) is 13.1. The summed E-state index contributed by atoms with van der Waals surface area (Å²) in [6, 6.07) is 20.8. The van der Waals surface area contributed by atoms with Crippen molar-refractivity contribution in [2.24, 2.45) is 5.92 Å². The molecule has 2 aliphatic rings. The van der Waals surface area contributed by atoms with Gasteiger partial charge in [0.05, 0.1) is 41.9 Å². The molecule has 13 heteroatoms. The van der Waals surface area contributed by atoms with E-state index in [1.807, 2.05) is 42.5 Å². The number of benzene rings is 3. The zero-order valence-corrected chi connectivity index (χ0v) is 25.7. The highest BCUT2D eigenvalue weighted by Crippen LogP contribution is 2.47. The van der Waals surface area contributed by atoms with Gasteiger partial charge in [0.15, 0.2) is 5.60 Å². The van der Waals surface area contributed by atoms with Crippen LogP contribution in [0, 0.1) is 16.0 Å². The van der Waals surface area contributed by atoms with E-state index < -0.39 is 28.4 Å². The summed E-state index contributed by atoms with van der Waals surface area (Å²) in [4.78, 5) is 40.1. The Hall–Kier alpha value is -5.40. The van der Waals surface area contributed by atoms with E-state index in [2.05, 4.69) is 10.3 Å². The summed E-state index contributed by atoms with van der Waals surface area (Å²) >= 11 is 0. The number of carbonyl (C=O) groups excluding carboxylic acids is 2. The normalized spacial score (nSPS) is 18.9. The number of non-ortho nitro benzene ring substituents is 1. The van der Waals surface area contributed by atoms with Crippen molar-refractivity contribution in [1.29, 1.82) is 0 Å². The third-order valence-corrected chi connectivity index (χ3v) is 8.69. The van der Waals surface area contributed by atoms with Gasteiger partial charge in [-0.15, -0.1) is 5.10 Å². The number of aliphatic hydroxyl groups excluding tert-OH is 1. The highest BCUT2D eigenvalue weighted by atomic mass is 16.6. The molecule has 3 heterocycles. The lowest BCUT2D eigenvalue weighted by atomic mass is 9.82. The van der Waals surface area contributed by atoms with Crippen molar-refractivity contribution in [3.8, 4) is 0 Å². The predicted octanol–water partition coefficient (Wildman–Crippen LogP) is 4.28. The highest BCUT2D eigenvalue weighted by molar-refractivity contribution is 6.07. The van der Waals surface area contributed by atoms with Crippen LogP contribution in [0.15, 0.2) is 91.1 Å². The molecule has 2 amide bonds. The van der Waals surface area contributed by atoms with Crippen molar-refractivity contribution < 1.29 is 29.5 Å². The van der Waals surface area contributed by atoms with Crippen LogP contribution in [0.1, 0.15) is 41.6 Å². The molecule has 0 saturated carbocycles. The van der Waals surface area contributed by atoms with Gasteiger partial charge in [-0.1, -0.05) is 66.8 Å². The first-order valence-electron chi connectivity index (χ1n) is 15.3. The Balaban J connectivity index is 1.19. The quantitative estimate of drug-likeness (QED) is 0.131. The van der Waals surface area contributed by atoms with Crippen LogP contribution in [0.5, 0.6) is 0 Å². The Labute approximate surface area is 270 Å². The minimum Gasteiger partial charge on any atom is -0.447 e. The van der Waals surface area contributed by atoms with E-state index in [1.54, 1.807) is 42.1 Å². The Morgan fingerprint density at radius 1 is 1.11 bits per heavy atom. The van der Waals surface area contributed by atoms with Crippen LogP contribution in [0.3, 0.4) is 0 Å². The van der Waals surface area contributed by atoms with E-state index in [0.717, 1.165) is 5.56 Å². The number of hydrogen-bond acceptors (Lipinski definition) is 9. The molecule has 2 aliphatic heterocycles. The number of aliphatic hydroxyl groups is 2. The van der Waals surface area contributed by atoms with Crippen LogP contribution in [0.2, 0.25) is 0 Å². The van der Waals surface area contributed by atoms with Crippen LogP contribution < -0.4 is 9.80 Å². The Bertz CT molecular complexity index is 1830. The number of aromatic nitrogens is 3. The molecule has 1 saturated heterocycles. The minimum absolute atomic E-state index is 0.0750. The molecule has 0 aliphatic carbocycles. The van der Waals surface area contributed by atoms with Gasteiger partial charge in [0.25, 0.3) is 11.6 Å². The maximum Gasteiger partial charge on any atom is 0.414 e. The molecular formula is C34H34N6O7. The highest BCUT2D eigenvalue weighted by Gasteiger charge is 2.53. The topological polar surface area (TPSA) is 164 Å². The Morgan fingerprint density at radius 3 is 2.64 bits per heavy atom. The van der Waals surface area contributed by atoms with Crippen molar-refractivity contribution in [3.63, 3.8) is 0 Å². The number of anilines is 2. The number of aryl methyl sites for hydroxylation is 1. The number of fused-ring (bicyclic) bond motifs is 1. The van der Waals surface area contributed by atoms with E-state index in [4.69, 9.17) is 4.74 Å². The smallest absolute Gasteiger partial charge is 0.414 e. The third-order valence-electron chi connectivity index (χ3n) is 8.69. The van der Waals surface area contributed by atoms with Gasteiger partial charge in [0.2, 0.25) is 0 Å². The standard InChI is InChI=1S/C34H34N6O7/c1-23(8-5-6-15-37-21-30(35-36-37)28(22-41)25-10-3-2-4-11-25)34(44)29-19-27(40(45)46)13-14-31(29)39(32(34)42)20-24-9-7-12-26(18-24)38-16-17-47-33(38)43/h2-5,7-14,18-19,21,23,28,41,44H,6,15-17,20,22H2,1H3/b8-5+/t23-,28?,34+/m1/s1. The van der Waals surface area contributed by atoms with Crippen molar-refractivity contribution in [2.45, 2.75) is 38.0 Å². The molecule has 242 valence electrons. The van der Waals surface area contributed by atoms with Gasteiger partial charge >= 0.3 is 6.09 Å². The van der Waals surface area contributed by atoms with Gasteiger partial charge in [0, 0.05) is 42.0 Å². The molecule has 0 radical (unpaired) electrons. The first kappa shape index (κ1) is 31.6. The largest absolute Gasteiger partial charge is 0.447 e. The second-order valence-electron chi connectivity index (χ2n) is 11.6. The summed E-state index contributed by atoms with van der Waals surface area (Å²) in [5.41, 5.74) is 1.15. The zero-order valence-electron chi connectivity index (χ0n) is 25.7. The van der Waals surface area contributed by atoms with Crippen molar-refractivity contribution in [2.75, 3.05) is 29.6 Å². The fourth-order valence-electron chi connectivity index (χ4n) is 6.12.